The van der Waals surface area contributed by atoms with Crippen molar-refractivity contribution in [2.75, 3.05) is 26.7 Å². The highest BCUT2D eigenvalue weighted by atomic mass is 32.2. The van der Waals surface area contributed by atoms with Crippen LogP contribution in [-0.2, 0) is 19.7 Å². The summed E-state index contributed by atoms with van der Waals surface area (Å²) in [7, 11) is -2.67. The molecule has 1 unspecified atom stereocenters. The van der Waals surface area contributed by atoms with Crippen LogP contribution in [0.4, 0.5) is 0 Å². The van der Waals surface area contributed by atoms with Crippen molar-refractivity contribution in [1.29, 1.82) is 0 Å². The number of hydrogen-bond donors (Lipinski definition) is 0. The molecule has 0 aliphatic carbocycles. The van der Waals surface area contributed by atoms with E-state index in [4.69, 9.17) is 0 Å². The largest absolute Gasteiger partial charge is 0.597 e. The molecule has 1 aliphatic heterocycles. The lowest BCUT2D eigenvalue weighted by atomic mass is 10.1. The van der Waals surface area contributed by atoms with Crippen LogP contribution < -0.4 is 0 Å². The molecule has 1 atom stereocenters. The number of sulfonamides is 1. The summed E-state index contributed by atoms with van der Waals surface area (Å²) < 4.78 is 28.2. The molecule has 0 spiro atoms. The molecule has 1 amide bonds. The molecule has 10 heteroatoms. The molecule has 2 aromatic rings. The van der Waals surface area contributed by atoms with Gasteiger partial charge in [0.25, 0.3) is 12.5 Å². The van der Waals surface area contributed by atoms with E-state index < -0.39 is 28.6 Å². The average Bonchev–Trinajstić information content (AvgIpc) is 2.74. The van der Waals surface area contributed by atoms with Crippen LogP contribution in [0, 0.1) is 12.1 Å². The molecule has 0 aromatic heterocycles. The van der Waals surface area contributed by atoms with E-state index in [1.54, 1.807) is 48.5 Å². The number of aryl methyl sites for hydroxylation is 1. The van der Waals surface area contributed by atoms with Crippen LogP contribution in [0.3, 0.4) is 0 Å². The number of benzene rings is 2. The summed E-state index contributed by atoms with van der Waals surface area (Å²) in [6.45, 7) is 1.88. The van der Waals surface area contributed by atoms with Gasteiger partial charge in [-0.3, -0.25) is 4.79 Å². The Kier molecular flexibility index (Phi) is 6.68. The van der Waals surface area contributed by atoms with Gasteiger partial charge in [-0.2, -0.15) is 4.31 Å². The fourth-order valence-electron chi connectivity index (χ4n) is 3.45. The third-order valence-electron chi connectivity index (χ3n) is 4.83. The topological polar surface area (TPSA) is 105 Å². The molecule has 0 radical (unpaired) electrons. The van der Waals surface area contributed by atoms with Crippen LogP contribution in [0.1, 0.15) is 23.7 Å². The Labute approximate surface area is 175 Å². The second-order valence-corrected chi connectivity index (χ2v) is 8.82. The van der Waals surface area contributed by atoms with Gasteiger partial charge in [-0.15, -0.1) is 0 Å². The molecule has 1 aliphatic rings. The van der Waals surface area contributed by atoms with E-state index in [9.17, 15) is 18.4 Å². The van der Waals surface area contributed by atoms with E-state index >= 15 is 0 Å². The standard InChI is InChI=1S/C20H24N4O5S/c1-16-9-11-18(12-10-16)30(27,28)23-14-6-13-22(19(25)15-24(26)21-29-2)20(23)17-7-4-3-5-8-17/h3-5,7-12,20H,6,13-15H2,1-2H3/b24-21-. The lowest BCUT2D eigenvalue weighted by molar-refractivity contribution is -0.547. The van der Waals surface area contributed by atoms with Gasteiger partial charge in [0.15, 0.2) is 5.28 Å². The summed E-state index contributed by atoms with van der Waals surface area (Å²) in [6, 6.07) is 15.5. The highest BCUT2D eigenvalue weighted by Gasteiger charge is 2.41. The molecule has 160 valence electrons. The smallest absolute Gasteiger partial charge is 0.293 e. The SMILES string of the molecule is CO/N=[N+](\[O-])CC(=O)N1CCCN(S(=O)(=O)c2ccc(C)cc2)C1c1ccccc1. The Morgan fingerprint density at radius 1 is 1.17 bits per heavy atom. The number of carbonyl (C=O) groups is 1. The molecule has 1 fully saturated rings. The third-order valence-corrected chi connectivity index (χ3v) is 6.70. The van der Waals surface area contributed by atoms with E-state index in [2.05, 4.69) is 10.1 Å². The van der Waals surface area contributed by atoms with Gasteiger partial charge in [0.05, 0.1) is 4.90 Å². The maximum atomic E-state index is 13.5. The summed E-state index contributed by atoms with van der Waals surface area (Å²) >= 11 is 0. The Morgan fingerprint density at radius 2 is 1.83 bits per heavy atom. The molecule has 0 saturated carbocycles. The Bertz CT molecular complexity index is 1010. The number of hydroxylamine groups is 1. The first-order valence-electron chi connectivity index (χ1n) is 9.46. The van der Waals surface area contributed by atoms with Crippen LogP contribution in [0.2, 0.25) is 0 Å². The van der Waals surface area contributed by atoms with Crippen molar-refractivity contribution in [3.63, 3.8) is 0 Å². The molecular formula is C20H24N4O5S. The summed E-state index contributed by atoms with van der Waals surface area (Å²) in [6.07, 6.45) is -0.421. The quantitative estimate of drug-likeness (QED) is 0.396. The van der Waals surface area contributed by atoms with Gasteiger partial charge in [-0.25, -0.2) is 8.42 Å². The zero-order valence-electron chi connectivity index (χ0n) is 16.8. The van der Waals surface area contributed by atoms with E-state index in [1.807, 2.05) is 13.0 Å². The van der Waals surface area contributed by atoms with Crippen molar-refractivity contribution >= 4 is 15.9 Å². The fourth-order valence-corrected chi connectivity index (χ4v) is 5.07. The number of nitrogens with zero attached hydrogens (tertiary/aromatic N) is 4. The molecule has 30 heavy (non-hydrogen) atoms. The second kappa shape index (κ2) is 9.23. The number of carbonyl (C=O) groups excluding carboxylic acids is 1. The third kappa shape index (κ3) is 4.60. The Morgan fingerprint density at radius 3 is 2.47 bits per heavy atom. The van der Waals surface area contributed by atoms with Gasteiger partial charge < -0.3 is 14.9 Å². The van der Waals surface area contributed by atoms with Gasteiger partial charge in [-0.1, -0.05) is 48.0 Å². The average molecular weight is 433 g/mol. The zero-order valence-corrected chi connectivity index (χ0v) is 17.7. The van der Waals surface area contributed by atoms with Gasteiger partial charge in [0.1, 0.15) is 13.3 Å². The molecular weight excluding hydrogens is 408 g/mol. The molecule has 1 saturated heterocycles. The van der Waals surface area contributed by atoms with E-state index in [0.29, 0.717) is 18.5 Å². The first kappa shape index (κ1) is 21.7. The predicted molar refractivity (Wildman–Crippen MR) is 109 cm³/mol. The minimum atomic E-state index is -3.88. The van der Waals surface area contributed by atoms with E-state index in [0.717, 1.165) is 5.56 Å². The van der Waals surface area contributed by atoms with Crippen molar-refractivity contribution in [1.82, 2.24) is 9.21 Å². The number of rotatable bonds is 6. The lowest BCUT2D eigenvalue weighted by Crippen LogP contribution is -2.53. The van der Waals surface area contributed by atoms with Crippen LogP contribution in [0.15, 0.2) is 64.8 Å². The van der Waals surface area contributed by atoms with Crippen molar-refractivity contribution in [2.45, 2.75) is 24.4 Å². The Balaban J connectivity index is 2.02. The van der Waals surface area contributed by atoms with Gasteiger partial charge in [0, 0.05) is 13.1 Å². The van der Waals surface area contributed by atoms with Crippen LogP contribution in [-0.4, -0.2) is 55.1 Å². The maximum absolute atomic E-state index is 13.5. The van der Waals surface area contributed by atoms with Crippen LogP contribution in [0.5, 0.6) is 0 Å². The first-order valence-corrected chi connectivity index (χ1v) is 10.9. The summed E-state index contributed by atoms with van der Waals surface area (Å²) in [5, 5.41) is 14.9. The van der Waals surface area contributed by atoms with Crippen LogP contribution >= 0.6 is 0 Å². The van der Waals surface area contributed by atoms with E-state index in [1.165, 1.54) is 16.3 Å². The number of amides is 1. The lowest BCUT2D eigenvalue weighted by Gasteiger charge is -2.42. The van der Waals surface area contributed by atoms with Crippen LogP contribution in [0.25, 0.3) is 0 Å². The molecule has 0 N–H and O–H groups in total. The number of hydrogen-bond acceptors (Lipinski definition) is 6. The summed E-state index contributed by atoms with van der Waals surface area (Å²) in [5.41, 5.74) is 1.59. The highest BCUT2D eigenvalue weighted by Crippen LogP contribution is 2.34. The minimum absolute atomic E-state index is 0.137. The highest BCUT2D eigenvalue weighted by molar-refractivity contribution is 7.89. The van der Waals surface area contributed by atoms with Gasteiger partial charge in [-0.05, 0) is 35.9 Å². The normalized spacial score (nSPS) is 18.3. The maximum Gasteiger partial charge on any atom is 0.293 e. The fraction of sp³-hybridized carbons (Fsp3) is 0.350. The van der Waals surface area contributed by atoms with Crippen molar-refractivity contribution in [3.8, 4) is 0 Å². The minimum Gasteiger partial charge on any atom is -0.597 e. The van der Waals surface area contributed by atoms with Gasteiger partial charge in [0.2, 0.25) is 10.0 Å². The molecule has 9 nitrogen and oxygen atoms in total. The molecule has 2 aromatic carbocycles. The Hall–Kier alpha value is -2.98. The molecule has 1 heterocycles. The summed E-state index contributed by atoms with van der Waals surface area (Å²) in [4.78, 5) is 19.0. The predicted octanol–water partition coefficient (Wildman–Crippen LogP) is 2.44. The molecule has 3 rings (SSSR count). The van der Waals surface area contributed by atoms with E-state index in [-0.39, 0.29) is 16.3 Å². The van der Waals surface area contributed by atoms with Gasteiger partial charge >= 0.3 is 0 Å². The van der Waals surface area contributed by atoms with Crippen molar-refractivity contribution in [3.05, 3.63) is 70.9 Å². The van der Waals surface area contributed by atoms with Crippen molar-refractivity contribution < 1.29 is 22.9 Å². The van der Waals surface area contributed by atoms with Crippen molar-refractivity contribution in [2.24, 2.45) is 5.28 Å². The second-order valence-electron chi connectivity index (χ2n) is 6.93. The molecule has 0 bridgehead atoms. The summed E-state index contributed by atoms with van der Waals surface area (Å²) in [5.74, 6) is -0.538. The monoisotopic (exact) mass is 432 g/mol. The first-order chi connectivity index (χ1) is 14.3. The zero-order chi connectivity index (χ0) is 21.7.